The van der Waals surface area contributed by atoms with Crippen LogP contribution in [0.15, 0.2) is 18.2 Å². The van der Waals surface area contributed by atoms with Crippen LogP contribution in [0, 0.1) is 0 Å². The second-order valence-corrected chi connectivity index (χ2v) is 11.3. The van der Waals surface area contributed by atoms with Gasteiger partial charge in [-0.1, -0.05) is 19.6 Å². The van der Waals surface area contributed by atoms with Crippen molar-refractivity contribution in [2.45, 2.75) is 32.6 Å². The van der Waals surface area contributed by atoms with Gasteiger partial charge in [-0.05, 0) is 25.1 Å². The summed E-state index contributed by atoms with van der Waals surface area (Å²) in [6, 6.07) is 6.64. The summed E-state index contributed by atoms with van der Waals surface area (Å²) >= 11 is 0. The first-order valence-corrected chi connectivity index (χ1v) is 10.7. The van der Waals surface area contributed by atoms with Crippen molar-refractivity contribution in [1.29, 1.82) is 0 Å². The highest BCUT2D eigenvalue weighted by Crippen LogP contribution is 2.31. The van der Waals surface area contributed by atoms with Gasteiger partial charge in [0.2, 0.25) is 0 Å². The first-order valence-electron chi connectivity index (χ1n) is 6.97. The van der Waals surface area contributed by atoms with Crippen LogP contribution in [0.4, 0.5) is 0 Å². The third-order valence-corrected chi connectivity index (χ3v) is 4.45. The SMILES string of the molecule is CCOc1cc(OC)ccc1OCOCC[Si](C)(C)C. The molecule has 0 bridgehead atoms. The lowest BCUT2D eigenvalue weighted by molar-refractivity contribution is 0.0202. The monoisotopic (exact) mass is 298 g/mol. The lowest BCUT2D eigenvalue weighted by atomic mass is 10.3. The van der Waals surface area contributed by atoms with Crippen LogP contribution in [0.3, 0.4) is 0 Å². The summed E-state index contributed by atoms with van der Waals surface area (Å²) in [5, 5.41) is 0. The van der Waals surface area contributed by atoms with Gasteiger partial charge in [0.25, 0.3) is 0 Å². The van der Waals surface area contributed by atoms with Crippen LogP contribution >= 0.6 is 0 Å². The minimum atomic E-state index is -1.04. The molecule has 0 radical (unpaired) electrons. The van der Waals surface area contributed by atoms with Crippen LogP contribution in [-0.4, -0.2) is 35.2 Å². The van der Waals surface area contributed by atoms with Crippen molar-refractivity contribution in [2.75, 3.05) is 27.1 Å². The number of rotatable bonds is 9. The molecule has 114 valence electrons. The van der Waals surface area contributed by atoms with E-state index in [0.29, 0.717) is 18.1 Å². The van der Waals surface area contributed by atoms with Gasteiger partial charge in [-0.25, -0.2) is 0 Å². The van der Waals surface area contributed by atoms with E-state index in [0.717, 1.165) is 18.4 Å². The first kappa shape index (κ1) is 16.9. The van der Waals surface area contributed by atoms with Gasteiger partial charge in [0.05, 0.1) is 13.7 Å². The van der Waals surface area contributed by atoms with Crippen molar-refractivity contribution < 1.29 is 18.9 Å². The van der Waals surface area contributed by atoms with E-state index < -0.39 is 8.07 Å². The summed E-state index contributed by atoms with van der Waals surface area (Å²) in [7, 11) is 0.586. The number of hydrogen-bond acceptors (Lipinski definition) is 4. The average molecular weight is 298 g/mol. The summed E-state index contributed by atoms with van der Waals surface area (Å²) in [6.07, 6.45) is 0. The Bertz CT molecular complexity index is 401. The summed E-state index contributed by atoms with van der Waals surface area (Å²) in [5.74, 6) is 2.11. The van der Waals surface area contributed by atoms with Crippen molar-refractivity contribution in [3.63, 3.8) is 0 Å². The van der Waals surface area contributed by atoms with Gasteiger partial charge in [-0.15, -0.1) is 0 Å². The Morgan fingerprint density at radius 1 is 1.05 bits per heavy atom. The van der Waals surface area contributed by atoms with Gasteiger partial charge in [0.15, 0.2) is 18.3 Å². The van der Waals surface area contributed by atoms with Crippen LogP contribution in [-0.2, 0) is 4.74 Å². The molecule has 0 amide bonds. The molecule has 0 saturated carbocycles. The highest BCUT2D eigenvalue weighted by atomic mass is 28.3. The van der Waals surface area contributed by atoms with E-state index in [1.165, 1.54) is 0 Å². The normalized spacial score (nSPS) is 11.2. The topological polar surface area (TPSA) is 36.9 Å². The number of benzene rings is 1. The Balaban J connectivity index is 2.46. The molecule has 0 aliphatic heterocycles. The van der Waals surface area contributed by atoms with Crippen molar-refractivity contribution in [3.8, 4) is 17.2 Å². The third kappa shape index (κ3) is 6.30. The minimum absolute atomic E-state index is 0.247. The summed E-state index contributed by atoms with van der Waals surface area (Å²) in [4.78, 5) is 0. The summed E-state index contributed by atoms with van der Waals surface area (Å²) in [6.45, 7) is 10.5. The molecule has 0 spiro atoms. The van der Waals surface area contributed by atoms with Crippen molar-refractivity contribution >= 4 is 8.07 Å². The van der Waals surface area contributed by atoms with Crippen molar-refractivity contribution in [2.24, 2.45) is 0 Å². The zero-order valence-electron chi connectivity index (χ0n) is 13.2. The smallest absolute Gasteiger partial charge is 0.189 e. The quantitative estimate of drug-likeness (QED) is 0.395. The first-order chi connectivity index (χ1) is 9.46. The van der Waals surface area contributed by atoms with Gasteiger partial charge >= 0.3 is 0 Å². The minimum Gasteiger partial charge on any atom is -0.497 e. The van der Waals surface area contributed by atoms with Crippen LogP contribution in [0.1, 0.15) is 6.92 Å². The number of methoxy groups -OCH3 is 1. The van der Waals surface area contributed by atoms with Crippen molar-refractivity contribution in [3.05, 3.63) is 18.2 Å². The molecule has 0 heterocycles. The van der Waals surface area contributed by atoms with E-state index in [2.05, 4.69) is 19.6 Å². The van der Waals surface area contributed by atoms with E-state index in [1.807, 2.05) is 25.1 Å². The van der Waals surface area contributed by atoms with Gasteiger partial charge in [-0.3, -0.25) is 0 Å². The van der Waals surface area contributed by atoms with Crippen molar-refractivity contribution in [1.82, 2.24) is 0 Å². The molecular formula is C15H26O4Si. The predicted octanol–water partition coefficient (Wildman–Crippen LogP) is 3.79. The second kappa shape index (κ2) is 8.17. The number of hydrogen-bond donors (Lipinski definition) is 0. The Morgan fingerprint density at radius 3 is 2.40 bits per heavy atom. The van der Waals surface area contributed by atoms with Gasteiger partial charge in [0, 0.05) is 20.7 Å². The zero-order valence-corrected chi connectivity index (χ0v) is 14.2. The molecule has 0 N–H and O–H groups in total. The fraction of sp³-hybridized carbons (Fsp3) is 0.600. The van der Waals surface area contributed by atoms with Gasteiger partial charge in [-0.2, -0.15) is 0 Å². The summed E-state index contributed by atoms with van der Waals surface area (Å²) < 4.78 is 21.9. The largest absolute Gasteiger partial charge is 0.497 e. The molecule has 0 saturated heterocycles. The molecule has 4 nitrogen and oxygen atoms in total. The van der Waals surface area contributed by atoms with Crippen LogP contribution in [0.5, 0.6) is 17.2 Å². The molecule has 0 atom stereocenters. The lowest BCUT2D eigenvalue weighted by Crippen LogP contribution is -2.22. The Kier molecular flexibility index (Phi) is 6.88. The Hall–Kier alpha value is -1.20. The third-order valence-electron chi connectivity index (χ3n) is 2.74. The fourth-order valence-electron chi connectivity index (χ4n) is 1.55. The maximum absolute atomic E-state index is 5.62. The van der Waals surface area contributed by atoms with E-state index in [9.17, 15) is 0 Å². The Morgan fingerprint density at radius 2 is 1.80 bits per heavy atom. The maximum Gasteiger partial charge on any atom is 0.189 e. The molecular weight excluding hydrogens is 272 g/mol. The molecule has 0 aromatic heterocycles. The molecule has 0 fully saturated rings. The van der Waals surface area contributed by atoms with Gasteiger partial charge < -0.3 is 18.9 Å². The standard InChI is InChI=1S/C15H26O4Si/c1-6-18-15-11-13(16-2)7-8-14(15)19-12-17-9-10-20(3,4)5/h7-8,11H,6,9-10,12H2,1-5H3. The highest BCUT2D eigenvalue weighted by molar-refractivity contribution is 6.76. The van der Waals surface area contributed by atoms with E-state index in [4.69, 9.17) is 18.9 Å². The molecule has 1 aromatic rings. The molecule has 0 aliphatic carbocycles. The zero-order chi connectivity index (χ0) is 15.0. The maximum atomic E-state index is 5.62. The van der Waals surface area contributed by atoms with Crippen LogP contribution < -0.4 is 14.2 Å². The van der Waals surface area contributed by atoms with E-state index in [1.54, 1.807) is 7.11 Å². The molecule has 0 unspecified atom stereocenters. The fourth-order valence-corrected chi connectivity index (χ4v) is 2.30. The predicted molar refractivity (Wildman–Crippen MR) is 83.8 cm³/mol. The van der Waals surface area contributed by atoms with Crippen LogP contribution in [0.25, 0.3) is 0 Å². The lowest BCUT2D eigenvalue weighted by Gasteiger charge is -2.16. The Labute approximate surface area is 123 Å². The number of ether oxygens (including phenoxy) is 4. The highest BCUT2D eigenvalue weighted by Gasteiger charge is 2.12. The average Bonchev–Trinajstić information content (AvgIpc) is 2.38. The molecule has 0 aliphatic rings. The van der Waals surface area contributed by atoms with Gasteiger partial charge in [0.1, 0.15) is 5.75 Å². The molecule has 5 heteroatoms. The van der Waals surface area contributed by atoms with E-state index in [-0.39, 0.29) is 6.79 Å². The summed E-state index contributed by atoms with van der Waals surface area (Å²) in [5.41, 5.74) is 0. The van der Waals surface area contributed by atoms with Crippen LogP contribution in [0.2, 0.25) is 25.7 Å². The molecule has 20 heavy (non-hydrogen) atoms. The van der Waals surface area contributed by atoms with E-state index >= 15 is 0 Å². The molecule has 1 aromatic carbocycles. The molecule has 1 rings (SSSR count). The second-order valence-electron chi connectivity index (χ2n) is 5.73.